The molecule has 1 heterocycles. The number of amides is 2. The minimum atomic E-state index is -1.05. The quantitative estimate of drug-likeness (QED) is 0.863. The third-order valence-electron chi connectivity index (χ3n) is 4.64. The number of hydrogen-bond donors (Lipinski definition) is 1. The molecule has 0 bridgehead atoms. The van der Waals surface area contributed by atoms with Crippen molar-refractivity contribution in [3.05, 3.63) is 29.8 Å². The Balaban J connectivity index is 2.11. The van der Waals surface area contributed by atoms with Gasteiger partial charge in [0.2, 0.25) is 11.8 Å². The van der Waals surface area contributed by atoms with Crippen LogP contribution in [-0.4, -0.2) is 29.8 Å². The van der Waals surface area contributed by atoms with E-state index in [2.05, 4.69) is 12.2 Å². The summed E-state index contributed by atoms with van der Waals surface area (Å²) in [6.45, 7) is 7.04. The van der Waals surface area contributed by atoms with Crippen LogP contribution in [0.3, 0.4) is 0 Å². The highest BCUT2D eigenvalue weighted by molar-refractivity contribution is 6.10. The molecule has 2 amide bonds. The Morgan fingerprint density at radius 2 is 1.70 bits per heavy atom. The monoisotopic (exact) mass is 316 g/mol. The van der Waals surface area contributed by atoms with Crippen LogP contribution in [0.5, 0.6) is 0 Å². The molecule has 126 valence electrons. The number of rotatable bonds is 4. The molecule has 2 rings (SSSR count). The second-order valence-corrected chi connectivity index (χ2v) is 6.80. The zero-order valence-electron chi connectivity index (χ0n) is 14.5. The van der Waals surface area contributed by atoms with Crippen LogP contribution in [0, 0.1) is 5.41 Å². The van der Waals surface area contributed by atoms with E-state index in [4.69, 9.17) is 0 Å². The Morgan fingerprint density at radius 1 is 1.09 bits per heavy atom. The fourth-order valence-electron chi connectivity index (χ4n) is 3.00. The standard InChI is InChI=1S/C19H28N2O2/c1-4-15-11-7-8-12-16(15)20-17(22)19(2,3)18(23)21-13-9-5-6-10-14-21/h7-8,11-12H,4-6,9-10,13-14H2,1-3H3,(H,20,22). The molecule has 1 aliphatic rings. The molecular formula is C19H28N2O2. The SMILES string of the molecule is CCc1ccccc1NC(=O)C(C)(C)C(=O)N1CCCCCC1. The van der Waals surface area contributed by atoms with Crippen LogP contribution < -0.4 is 5.32 Å². The highest BCUT2D eigenvalue weighted by Crippen LogP contribution is 2.25. The number of benzene rings is 1. The maximum Gasteiger partial charge on any atom is 0.239 e. The highest BCUT2D eigenvalue weighted by Gasteiger charge is 2.39. The summed E-state index contributed by atoms with van der Waals surface area (Å²) in [5.41, 5.74) is 0.834. The van der Waals surface area contributed by atoms with Gasteiger partial charge in [-0.1, -0.05) is 38.0 Å². The van der Waals surface area contributed by atoms with Gasteiger partial charge in [-0.05, 0) is 44.7 Å². The smallest absolute Gasteiger partial charge is 0.239 e. The first-order valence-corrected chi connectivity index (χ1v) is 8.65. The summed E-state index contributed by atoms with van der Waals surface area (Å²) in [5.74, 6) is -0.293. The first kappa shape index (κ1) is 17.5. The number of likely N-dealkylation sites (tertiary alicyclic amines) is 1. The maximum atomic E-state index is 12.8. The molecule has 1 aromatic carbocycles. The second kappa shape index (κ2) is 7.62. The lowest BCUT2D eigenvalue weighted by molar-refractivity contribution is -0.146. The van der Waals surface area contributed by atoms with E-state index in [0.29, 0.717) is 0 Å². The molecule has 1 aromatic rings. The van der Waals surface area contributed by atoms with Crippen LogP contribution in [0.4, 0.5) is 5.69 Å². The lowest BCUT2D eigenvalue weighted by Gasteiger charge is -2.30. The molecule has 1 aliphatic heterocycles. The molecule has 0 spiro atoms. The van der Waals surface area contributed by atoms with Gasteiger partial charge in [0.05, 0.1) is 0 Å². The third-order valence-corrected chi connectivity index (χ3v) is 4.64. The minimum absolute atomic E-state index is 0.0640. The van der Waals surface area contributed by atoms with Gasteiger partial charge in [-0.25, -0.2) is 0 Å². The van der Waals surface area contributed by atoms with Crippen molar-refractivity contribution in [2.24, 2.45) is 5.41 Å². The number of carbonyl (C=O) groups excluding carboxylic acids is 2. The maximum absolute atomic E-state index is 12.8. The summed E-state index contributed by atoms with van der Waals surface area (Å²) >= 11 is 0. The largest absolute Gasteiger partial charge is 0.342 e. The number of hydrogen-bond acceptors (Lipinski definition) is 2. The summed E-state index contributed by atoms with van der Waals surface area (Å²) in [4.78, 5) is 27.4. The van der Waals surface area contributed by atoms with Crippen LogP contribution in [0.15, 0.2) is 24.3 Å². The Bertz CT molecular complexity index is 558. The molecule has 4 nitrogen and oxygen atoms in total. The second-order valence-electron chi connectivity index (χ2n) is 6.80. The van der Waals surface area contributed by atoms with Crippen molar-refractivity contribution < 1.29 is 9.59 Å². The summed E-state index contributed by atoms with van der Waals surface area (Å²) in [6.07, 6.45) is 5.24. The number of anilines is 1. The molecule has 1 N–H and O–H groups in total. The number of nitrogens with zero attached hydrogens (tertiary/aromatic N) is 1. The molecule has 0 atom stereocenters. The molecule has 0 unspecified atom stereocenters. The zero-order valence-corrected chi connectivity index (χ0v) is 14.5. The van der Waals surface area contributed by atoms with Gasteiger partial charge in [-0.3, -0.25) is 9.59 Å². The number of para-hydroxylation sites is 1. The van der Waals surface area contributed by atoms with E-state index < -0.39 is 5.41 Å². The first-order valence-electron chi connectivity index (χ1n) is 8.65. The molecule has 0 aliphatic carbocycles. The Labute approximate surface area is 139 Å². The van der Waals surface area contributed by atoms with Gasteiger partial charge in [0, 0.05) is 18.8 Å². The average Bonchev–Trinajstić information content (AvgIpc) is 2.83. The van der Waals surface area contributed by atoms with Crippen LogP contribution in [0.2, 0.25) is 0 Å². The normalized spacial score (nSPS) is 15.9. The van der Waals surface area contributed by atoms with Gasteiger partial charge in [-0.2, -0.15) is 0 Å². The van der Waals surface area contributed by atoms with Crippen molar-refractivity contribution in [2.45, 2.75) is 52.9 Å². The topological polar surface area (TPSA) is 49.4 Å². The molecular weight excluding hydrogens is 288 g/mol. The summed E-state index contributed by atoms with van der Waals surface area (Å²) < 4.78 is 0. The lowest BCUT2D eigenvalue weighted by atomic mass is 9.89. The Hall–Kier alpha value is -1.84. The van der Waals surface area contributed by atoms with Gasteiger partial charge in [0.25, 0.3) is 0 Å². The predicted molar refractivity (Wildman–Crippen MR) is 93.3 cm³/mol. The van der Waals surface area contributed by atoms with E-state index in [1.165, 1.54) is 12.8 Å². The number of carbonyl (C=O) groups is 2. The van der Waals surface area contributed by atoms with Crippen molar-refractivity contribution in [1.29, 1.82) is 0 Å². The van der Waals surface area contributed by atoms with E-state index in [9.17, 15) is 9.59 Å². The molecule has 4 heteroatoms. The minimum Gasteiger partial charge on any atom is -0.342 e. The number of nitrogens with one attached hydrogen (secondary N) is 1. The molecule has 0 radical (unpaired) electrons. The molecule has 23 heavy (non-hydrogen) atoms. The summed E-state index contributed by atoms with van der Waals surface area (Å²) in [7, 11) is 0. The van der Waals surface area contributed by atoms with E-state index >= 15 is 0 Å². The Morgan fingerprint density at radius 3 is 2.30 bits per heavy atom. The van der Waals surface area contributed by atoms with Crippen molar-refractivity contribution in [2.75, 3.05) is 18.4 Å². The van der Waals surface area contributed by atoms with Gasteiger partial charge in [0.15, 0.2) is 0 Å². The van der Waals surface area contributed by atoms with Crippen molar-refractivity contribution in [1.82, 2.24) is 4.90 Å². The fourth-order valence-corrected chi connectivity index (χ4v) is 3.00. The van der Waals surface area contributed by atoms with E-state index in [1.807, 2.05) is 29.2 Å². The van der Waals surface area contributed by atoms with Gasteiger partial charge >= 0.3 is 0 Å². The predicted octanol–water partition coefficient (Wildman–Crippen LogP) is 3.62. The highest BCUT2D eigenvalue weighted by atomic mass is 16.2. The van der Waals surface area contributed by atoms with E-state index in [-0.39, 0.29) is 11.8 Å². The third kappa shape index (κ3) is 4.12. The Kier molecular flexibility index (Phi) is 5.80. The fraction of sp³-hybridized carbons (Fsp3) is 0.579. The molecule has 1 fully saturated rings. The van der Waals surface area contributed by atoms with Crippen molar-refractivity contribution in [3.8, 4) is 0 Å². The summed E-state index contributed by atoms with van der Waals surface area (Å²) in [5, 5.41) is 2.95. The van der Waals surface area contributed by atoms with E-state index in [0.717, 1.165) is 43.6 Å². The van der Waals surface area contributed by atoms with Crippen LogP contribution in [-0.2, 0) is 16.0 Å². The van der Waals surface area contributed by atoms with Crippen LogP contribution in [0.1, 0.15) is 52.0 Å². The van der Waals surface area contributed by atoms with Crippen molar-refractivity contribution in [3.63, 3.8) is 0 Å². The summed E-state index contributed by atoms with van der Waals surface area (Å²) in [6, 6.07) is 7.75. The van der Waals surface area contributed by atoms with Crippen LogP contribution >= 0.6 is 0 Å². The molecule has 1 saturated heterocycles. The van der Waals surface area contributed by atoms with Gasteiger partial charge in [0.1, 0.15) is 5.41 Å². The zero-order chi connectivity index (χ0) is 16.9. The van der Waals surface area contributed by atoms with Crippen LogP contribution in [0.25, 0.3) is 0 Å². The first-order chi connectivity index (χ1) is 11.0. The van der Waals surface area contributed by atoms with E-state index in [1.54, 1.807) is 13.8 Å². The molecule has 0 aromatic heterocycles. The van der Waals surface area contributed by atoms with Gasteiger partial charge < -0.3 is 10.2 Å². The van der Waals surface area contributed by atoms with Gasteiger partial charge in [-0.15, -0.1) is 0 Å². The van der Waals surface area contributed by atoms with Crippen molar-refractivity contribution >= 4 is 17.5 Å². The lowest BCUT2D eigenvalue weighted by Crippen LogP contribution is -2.47. The average molecular weight is 316 g/mol. The molecule has 0 saturated carbocycles. The number of aryl methyl sites for hydroxylation is 1.